The van der Waals surface area contributed by atoms with Gasteiger partial charge < -0.3 is 4.74 Å². The van der Waals surface area contributed by atoms with Gasteiger partial charge in [-0.05, 0) is 25.0 Å². The highest BCUT2D eigenvalue weighted by molar-refractivity contribution is 7.89. The highest BCUT2D eigenvalue weighted by Crippen LogP contribution is 2.22. The van der Waals surface area contributed by atoms with Crippen molar-refractivity contribution in [3.05, 3.63) is 29.8 Å². The molecule has 1 aromatic rings. The van der Waals surface area contributed by atoms with Crippen LogP contribution in [0.25, 0.3) is 0 Å². The molecule has 5 nitrogen and oxygen atoms in total. The molecule has 18 heavy (non-hydrogen) atoms. The van der Waals surface area contributed by atoms with Crippen molar-refractivity contribution in [2.24, 2.45) is 0 Å². The second-order valence-electron chi connectivity index (χ2n) is 4.24. The van der Waals surface area contributed by atoms with Crippen molar-refractivity contribution in [2.45, 2.75) is 30.2 Å². The molecule has 1 aromatic carbocycles. The number of hydrogen-bond acceptors (Lipinski definition) is 4. The van der Waals surface area contributed by atoms with Crippen molar-refractivity contribution in [3.8, 4) is 0 Å². The predicted molar refractivity (Wildman–Crippen MR) is 65.7 cm³/mol. The van der Waals surface area contributed by atoms with E-state index in [2.05, 4.69) is 9.46 Å². The molecule has 1 aliphatic carbocycles. The number of rotatable bonds is 4. The quantitative estimate of drug-likeness (QED) is 0.836. The van der Waals surface area contributed by atoms with Gasteiger partial charge >= 0.3 is 5.97 Å². The minimum atomic E-state index is -3.66. The van der Waals surface area contributed by atoms with Crippen LogP contribution in [-0.4, -0.2) is 27.5 Å². The Hall–Kier alpha value is -1.40. The average Bonchev–Trinajstić information content (AvgIpc) is 2.33. The lowest BCUT2D eigenvalue weighted by atomic mass is 9.94. The van der Waals surface area contributed by atoms with Crippen molar-refractivity contribution in [3.63, 3.8) is 0 Å². The Morgan fingerprint density at radius 1 is 1.33 bits per heavy atom. The third-order valence-electron chi connectivity index (χ3n) is 3.01. The number of esters is 1. The Morgan fingerprint density at radius 3 is 2.56 bits per heavy atom. The molecule has 0 unspecified atom stereocenters. The van der Waals surface area contributed by atoms with Gasteiger partial charge in [-0.1, -0.05) is 18.6 Å². The van der Waals surface area contributed by atoms with E-state index in [0.29, 0.717) is 0 Å². The summed E-state index contributed by atoms with van der Waals surface area (Å²) in [6.45, 7) is 0. The van der Waals surface area contributed by atoms with Gasteiger partial charge in [0.25, 0.3) is 0 Å². The number of carbonyl (C=O) groups is 1. The summed E-state index contributed by atoms with van der Waals surface area (Å²) in [5.41, 5.74) is 0.0619. The van der Waals surface area contributed by atoms with Crippen LogP contribution in [0.3, 0.4) is 0 Å². The molecule has 0 amide bonds. The summed E-state index contributed by atoms with van der Waals surface area (Å²) < 4.78 is 31.5. The van der Waals surface area contributed by atoms with E-state index in [1.165, 1.54) is 19.2 Å². The first-order valence-electron chi connectivity index (χ1n) is 5.74. The highest BCUT2D eigenvalue weighted by atomic mass is 32.2. The summed E-state index contributed by atoms with van der Waals surface area (Å²) in [4.78, 5) is 11.5. The Labute approximate surface area is 106 Å². The normalized spacial score (nSPS) is 16.1. The molecule has 0 bridgehead atoms. The molecule has 1 saturated carbocycles. The van der Waals surface area contributed by atoms with Crippen LogP contribution < -0.4 is 4.72 Å². The molecule has 0 spiro atoms. The number of methoxy groups -OCH3 is 1. The minimum absolute atomic E-state index is 0.0132. The molecule has 98 valence electrons. The fourth-order valence-electron chi connectivity index (χ4n) is 1.79. The lowest BCUT2D eigenvalue weighted by Crippen LogP contribution is -2.39. The van der Waals surface area contributed by atoms with Gasteiger partial charge in [-0.15, -0.1) is 0 Å². The molecule has 0 atom stereocenters. The maximum Gasteiger partial charge on any atom is 0.339 e. The van der Waals surface area contributed by atoms with Gasteiger partial charge in [0.15, 0.2) is 0 Å². The standard InChI is InChI=1S/C12H15NO4S/c1-17-12(14)10-7-2-3-8-11(10)18(15,16)13-9-5-4-6-9/h2-3,7-9,13H,4-6H2,1H3. The maximum absolute atomic E-state index is 12.2. The third-order valence-corrected chi connectivity index (χ3v) is 4.59. The van der Waals surface area contributed by atoms with E-state index in [0.717, 1.165) is 19.3 Å². The number of carbonyl (C=O) groups excluding carboxylic acids is 1. The number of benzene rings is 1. The Morgan fingerprint density at radius 2 is 2.00 bits per heavy atom. The fraction of sp³-hybridized carbons (Fsp3) is 0.417. The summed E-state index contributed by atoms with van der Waals surface area (Å²) in [7, 11) is -2.43. The Kier molecular flexibility index (Phi) is 3.68. The molecule has 1 N–H and O–H groups in total. The first kappa shape index (κ1) is 13.0. The van der Waals surface area contributed by atoms with Crippen LogP contribution >= 0.6 is 0 Å². The molecule has 0 radical (unpaired) electrons. The zero-order valence-electron chi connectivity index (χ0n) is 10.0. The summed E-state index contributed by atoms with van der Waals surface area (Å²) in [6.07, 6.45) is 2.73. The summed E-state index contributed by atoms with van der Waals surface area (Å²) >= 11 is 0. The van der Waals surface area contributed by atoms with E-state index in [4.69, 9.17) is 0 Å². The zero-order valence-corrected chi connectivity index (χ0v) is 10.9. The lowest BCUT2D eigenvalue weighted by molar-refractivity contribution is 0.0596. The lowest BCUT2D eigenvalue weighted by Gasteiger charge is -2.26. The molecular formula is C12H15NO4S. The largest absolute Gasteiger partial charge is 0.465 e. The van der Waals surface area contributed by atoms with E-state index in [1.807, 2.05) is 0 Å². The molecule has 2 rings (SSSR count). The SMILES string of the molecule is COC(=O)c1ccccc1S(=O)(=O)NC1CCC1. The van der Waals surface area contributed by atoms with Gasteiger partial charge in [0.05, 0.1) is 17.6 Å². The van der Waals surface area contributed by atoms with E-state index in [9.17, 15) is 13.2 Å². The molecule has 0 saturated heterocycles. The Balaban J connectivity index is 2.34. The van der Waals surface area contributed by atoms with Crippen molar-refractivity contribution in [2.75, 3.05) is 7.11 Å². The molecule has 1 aliphatic rings. The van der Waals surface area contributed by atoms with Crippen LogP contribution in [0.15, 0.2) is 29.2 Å². The van der Waals surface area contributed by atoms with Crippen LogP contribution in [0.4, 0.5) is 0 Å². The summed E-state index contributed by atoms with van der Waals surface area (Å²) in [5, 5.41) is 0. The number of hydrogen-bond donors (Lipinski definition) is 1. The third kappa shape index (κ3) is 2.54. The minimum Gasteiger partial charge on any atom is -0.465 e. The monoisotopic (exact) mass is 269 g/mol. The smallest absolute Gasteiger partial charge is 0.339 e. The first-order valence-corrected chi connectivity index (χ1v) is 7.22. The second kappa shape index (κ2) is 5.07. The number of ether oxygens (including phenoxy) is 1. The zero-order chi connectivity index (χ0) is 13.2. The fourth-order valence-corrected chi connectivity index (χ4v) is 3.29. The molecular weight excluding hydrogens is 254 g/mol. The number of sulfonamides is 1. The second-order valence-corrected chi connectivity index (χ2v) is 5.92. The van der Waals surface area contributed by atoms with E-state index in [-0.39, 0.29) is 16.5 Å². The molecule has 0 aromatic heterocycles. The molecule has 0 heterocycles. The van der Waals surface area contributed by atoms with Crippen molar-refractivity contribution in [1.82, 2.24) is 4.72 Å². The predicted octanol–water partition coefficient (Wildman–Crippen LogP) is 1.30. The van der Waals surface area contributed by atoms with Crippen molar-refractivity contribution < 1.29 is 17.9 Å². The van der Waals surface area contributed by atoms with E-state index in [1.54, 1.807) is 12.1 Å². The van der Waals surface area contributed by atoms with Gasteiger partial charge in [0.1, 0.15) is 0 Å². The van der Waals surface area contributed by atoms with E-state index < -0.39 is 16.0 Å². The first-order chi connectivity index (χ1) is 8.54. The number of nitrogens with one attached hydrogen (secondary N) is 1. The topological polar surface area (TPSA) is 72.5 Å². The Bertz CT molecular complexity index is 549. The maximum atomic E-state index is 12.2. The molecule has 0 aliphatic heterocycles. The van der Waals surface area contributed by atoms with E-state index >= 15 is 0 Å². The van der Waals surface area contributed by atoms with Gasteiger partial charge in [0.2, 0.25) is 10.0 Å². The van der Waals surface area contributed by atoms with Crippen LogP contribution in [0.2, 0.25) is 0 Å². The average molecular weight is 269 g/mol. The highest BCUT2D eigenvalue weighted by Gasteiger charge is 2.27. The molecule has 1 fully saturated rings. The van der Waals surface area contributed by atoms with Gasteiger partial charge in [0, 0.05) is 6.04 Å². The van der Waals surface area contributed by atoms with Crippen molar-refractivity contribution >= 4 is 16.0 Å². The summed E-state index contributed by atoms with van der Waals surface area (Å²) in [5.74, 6) is -0.649. The summed E-state index contributed by atoms with van der Waals surface area (Å²) in [6, 6.07) is 6.03. The van der Waals surface area contributed by atoms with Gasteiger partial charge in [-0.3, -0.25) is 0 Å². The molecule has 6 heteroatoms. The van der Waals surface area contributed by atoms with Gasteiger partial charge in [-0.2, -0.15) is 0 Å². The van der Waals surface area contributed by atoms with Crippen LogP contribution in [0.1, 0.15) is 29.6 Å². The van der Waals surface area contributed by atoms with Crippen molar-refractivity contribution in [1.29, 1.82) is 0 Å². The van der Waals surface area contributed by atoms with Crippen LogP contribution in [0.5, 0.6) is 0 Å². The van der Waals surface area contributed by atoms with Gasteiger partial charge in [-0.25, -0.2) is 17.9 Å². The van der Waals surface area contributed by atoms with Crippen LogP contribution in [-0.2, 0) is 14.8 Å². The van der Waals surface area contributed by atoms with Crippen LogP contribution in [0, 0.1) is 0 Å².